The Bertz CT molecular complexity index is 990. The molecule has 10 heteroatoms. The van der Waals surface area contributed by atoms with E-state index in [4.69, 9.17) is 60.7 Å². The van der Waals surface area contributed by atoms with Crippen molar-refractivity contribution >= 4 is 58.0 Å². The maximum Gasteiger partial charge on any atom is 0.273 e. The molecule has 0 aliphatic heterocycles. The Labute approximate surface area is 206 Å². The van der Waals surface area contributed by atoms with E-state index in [-0.39, 0.29) is 24.1 Å². The van der Waals surface area contributed by atoms with Crippen molar-refractivity contribution in [3.63, 3.8) is 0 Å². The molecule has 172 valence electrons. The lowest BCUT2D eigenvalue weighted by Gasteiger charge is -2.15. The molecule has 1 aliphatic rings. The van der Waals surface area contributed by atoms with Crippen molar-refractivity contribution in [3.8, 4) is 11.5 Å². The monoisotopic (exact) mass is 518 g/mol. The molecule has 1 atom stereocenters. The topological polar surface area (TPSA) is 69.2 Å². The highest BCUT2D eigenvalue weighted by molar-refractivity contribution is 6.50. The average molecular weight is 520 g/mol. The number of carbonyl (C=O) groups is 1. The molecule has 32 heavy (non-hydrogen) atoms. The Kier molecular flexibility index (Phi) is 8.39. The molecule has 1 saturated carbocycles. The van der Waals surface area contributed by atoms with Crippen molar-refractivity contribution in [2.45, 2.75) is 23.8 Å². The summed E-state index contributed by atoms with van der Waals surface area (Å²) < 4.78 is 11.0. The summed E-state index contributed by atoms with van der Waals surface area (Å²) in [5, 5.41) is 7.00. The first kappa shape index (κ1) is 24.8. The van der Waals surface area contributed by atoms with Crippen LogP contribution in [0.25, 0.3) is 0 Å². The first-order valence-corrected chi connectivity index (χ1v) is 11.3. The van der Waals surface area contributed by atoms with Gasteiger partial charge in [0, 0.05) is 24.7 Å². The van der Waals surface area contributed by atoms with Crippen molar-refractivity contribution in [1.82, 2.24) is 5.32 Å². The zero-order valence-electron chi connectivity index (χ0n) is 17.5. The lowest BCUT2D eigenvalue weighted by Crippen LogP contribution is -2.29. The number of amides is 1. The van der Waals surface area contributed by atoms with Gasteiger partial charge in [-0.15, -0.1) is 23.2 Å². The predicted molar refractivity (Wildman–Crippen MR) is 128 cm³/mol. The molecular weight excluding hydrogens is 498 g/mol. The van der Waals surface area contributed by atoms with Crippen LogP contribution >= 0.6 is 46.4 Å². The normalized spacial score (nSPS) is 16.9. The fourth-order valence-electron chi connectivity index (χ4n) is 3.11. The van der Waals surface area contributed by atoms with Crippen LogP contribution in [0.4, 0.5) is 0 Å². The number of hydrogen-bond donors (Lipinski definition) is 1. The molecular formula is C22H22Cl4N2O4. The predicted octanol–water partition coefficient (Wildman–Crippen LogP) is 5.63. The fraction of sp³-hybridized carbons (Fsp3) is 0.364. The zero-order chi connectivity index (χ0) is 23.3. The Morgan fingerprint density at radius 1 is 1.19 bits per heavy atom. The molecule has 1 N–H and O–H groups in total. The van der Waals surface area contributed by atoms with Crippen LogP contribution in [0.2, 0.25) is 10.0 Å². The highest BCUT2D eigenvalue weighted by Crippen LogP contribution is 2.54. The third-order valence-corrected chi connectivity index (χ3v) is 6.42. The van der Waals surface area contributed by atoms with Crippen molar-refractivity contribution < 1.29 is 19.1 Å². The van der Waals surface area contributed by atoms with Crippen molar-refractivity contribution in [2.75, 3.05) is 20.8 Å². The van der Waals surface area contributed by atoms with Crippen LogP contribution in [0, 0.1) is 5.92 Å². The number of rotatable bonds is 10. The highest BCUT2D eigenvalue weighted by atomic mass is 35.5. The van der Waals surface area contributed by atoms with Crippen LogP contribution in [0.3, 0.4) is 0 Å². The second kappa shape index (κ2) is 10.8. The molecule has 6 nitrogen and oxygen atoms in total. The standard InChI is InChI=1S/C22H22Cl4N2O4/c1-27-21(29)19(28-30-2)16-6-4-3-5-13(16)12-32-20-17(23)9-15(10-18(20)24)31-8-7-14-11-22(14,25)26/h3-6,9-10,14H,7-8,11-12H2,1-2H3,(H,27,29). The first-order valence-electron chi connectivity index (χ1n) is 9.80. The van der Waals surface area contributed by atoms with E-state index in [2.05, 4.69) is 10.5 Å². The number of hydrogen-bond acceptors (Lipinski definition) is 5. The van der Waals surface area contributed by atoms with Gasteiger partial charge in [0.15, 0.2) is 11.5 Å². The van der Waals surface area contributed by atoms with Gasteiger partial charge in [-0.2, -0.15) is 0 Å². The molecule has 0 heterocycles. The highest BCUT2D eigenvalue weighted by Gasteiger charge is 2.50. The van der Waals surface area contributed by atoms with E-state index >= 15 is 0 Å². The molecule has 1 amide bonds. The van der Waals surface area contributed by atoms with E-state index in [1.54, 1.807) is 24.3 Å². The van der Waals surface area contributed by atoms with Crippen LogP contribution < -0.4 is 14.8 Å². The third-order valence-electron chi connectivity index (χ3n) is 4.93. The fourth-order valence-corrected chi connectivity index (χ4v) is 4.28. The third kappa shape index (κ3) is 6.13. The van der Waals surface area contributed by atoms with Crippen LogP contribution in [0.1, 0.15) is 24.0 Å². The van der Waals surface area contributed by atoms with Crippen molar-refractivity contribution in [1.29, 1.82) is 0 Å². The van der Waals surface area contributed by atoms with Gasteiger partial charge in [-0.1, -0.05) is 52.6 Å². The Balaban J connectivity index is 1.69. The number of likely N-dealkylation sites (N-methyl/N-ethyl adjacent to an activating group) is 1. The summed E-state index contributed by atoms with van der Waals surface area (Å²) in [5.41, 5.74) is 1.40. The van der Waals surface area contributed by atoms with Crippen molar-refractivity contribution in [2.24, 2.45) is 11.1 Å². The zero-order valence-corrected chi connectivity index (χ0v) is 20.5. The first-order chi connectivity index (χ1) is 15.3. The molecule has 2 aromatic carbocycles. The minimum atomic E-state index is -0.627. The summed E-state index contributed by atoms with van der Waals surface area (Å²) in [4.78, 5) is 17.0. The van der Waals surface area contributed by atoms with Gasteiger partial charge in [-0.3, -0.25) is 4.79 Å². The summed E-state index contributed by atoms with van der Waals surface area (Å²) in [6.07, 6.45) is 1.51. The molecule has 0 radical (unpaired) electrons. The second-order valence-corrected chi connectivity index (χ2v) is 9.52. The minimum absolute atomic E-state index is 0.102. The van der Waals surface area contributed by atoms with E-state index < -0.39 is 4.33 Å². The van der Waals surface area contributed by atoms with Crippen LogP contribution in [0.5, 0.6) is 11.5 Å². The number of alkyl halides is 2. The molecule has 0 saturated heterocycles. The van der Waals surface area contributed by atoms with Crippen LogP contribution in [-0.4, -0.2) is 36.7 Å². The molecule has 1 unspecified atom stereocenters. The van der Waals surface area contributed by atoms with Gasteiger partial charge < -0.3 is 19.6 Å². The SMILES string of the molecule is CNC(=O)C(=NOC)c1ccccc1COc1c(Cl)cc(OCCC2CC2(Cl)Cl)cc1Cl. The van der Waals surface area contributed by atoms with Gasteiger partial charge >= 0.3 is 0 Å². The largest absolute Gasteiger partial charge is 0.493 e. The average Bonchev–Trinajstić information content (AvgIpc) is 3.37. The number of nitrogens with one attached hydrogen (secondary N) is 1. The number of benzene rings is 2. The van der Waals surface area contributed by atoms with Crippen LogP contribution in [-0.2, 0) is 16.2 Å². The molecule has 0 bridgehead atoms. The summed E-state index contributed by atoms with van der Waals surface area (Å²) in [6, 6.07) is 10.5. The van der Waals surface area contributed by atoms with Gasteiger partial charge in [0.1, 0.15) is 23.8 Å². The van der Waals surface area contributed by atoms with Gasteiger partial charge in [0.2, 0.25) is 0 Å². The maximum atomic E-state index is 12.2. The van der Waals surface area contributed by atoms with Gasteiger partial charge in [-0.05, 0) is 24.3 Å². The molecule has 1 fully saturated rings. The van der Waals surface area contributed by atoms with E-state index in [0.29, 0.717) is 39.3 Å². The van der Waals surface area contributed by atoms with Gasteiger partial charge in [0.05, 0.1) is 16.7 Å². The lowest BCUT2D eigenvalue weighted by atomic mass is 10.0. The van der Waals surface area contributed by atoms with Gasteiger partial charge in [0.25, 0.3) is 5.91 Å². The number of nitrogens with zero attached hydrogens (tertiary/aromatic N) is 1. The molecule has 1 aliphatic carbocycles. The number of halogens is 4. The van der Waals surface area contributed by atoms with E-state index in [0.717, 1.165) is 12.8 Å². The van der Waals surface area contributed by atoms with Crippen molar-refractivity contribution in [3.05, 3.63) is 57.6 Å². The summed E-state index contributed by atoms with van der Waals surface area (Å²) in [5.74, 6) is 0.685. The number of ether oxygens (including phenoxy) is 2. The summed E-state index contributed by atoms with van der Waals surface area (Å²) in [6.45, 7) is 0.554. The lowest BCUT2D eigenvalue weighted by molar-refractivity contribution is -0.114. The quantitative estimate of drug-likeness (QED) is 0.251. The summed E-state index contributed by atoms with van der Waals surface area (Å²) >= 11 is 24.8. The molecule has 0 aromatic heterocycles. The van der Waals surface area contributed by atoms with E-state index in [1.807, 2.05) is 12.1 Å². The maximum absolute atomic E-state index is 12.2. The Morgan fingerprint density at radius 3 is 2.44 bits per heavy atom. The molecule has 3 rings (SSSR count). The van der Waals surface area contributed by atoms with E-state index in [1.165, 1.54) is 14.2 Å². The number of carbonyl (C=O) groups excluding carboxylic acids is 1. The van der Waals surface area contributed by atoms with E-state index in [9.17, 15) is 4.79 Å². The Hall–Kier alpha value is -1.86. The minimum Gasteiger partial charge on any atom is -0.493 e. The smallest absolute Gasteiger partial charge is 0.273 e. The number of oxime groups is 1. The second-order valence-electron chi connectivity index (χ2n) is 7.16. The van der Waals surface area contributed by atoms with Crippen LogP contribution in [0.15, 0.2) is 41.6 Å². The van der Waals surface area contributed by atoms with Gasteiger partial charge in [-0.25, -0.2) is 0 Å². The Morgan fingerprint density at radius 2 is 1.84 bits per heavy atom. The molecule has 0 spiro atoms. The molecule has 2 aromatic rings. The summed E-state index contributed by atoms with van der Waals surface area (Å²) in [7, 11) is 2.89.